The normalized spacial score (nSPS) is 11.3. The third kappa shape index (κ3) is 5.98. The number of para-hydroxylation sites is 2. The number of ether oxygens (including phenoxy) is 2. The summed E-state index contributed by atoms with van der Waals surface area (Å²) >= 11 is 14.4. The van der Waals surface area contributed by atoms with Gasteiger partial charge in [0.05, 0.1) is 27.9 Å². The number of nitrogen functional groups attached to an aromatic ring is 1. The second kappa shape index (κ2) is 12.1. The monoisotopic (exact) mass is 691 g/mol. The second-order valence-corrected chi connectivity index (χ2v) is 10.4. The van der Waals surface area contributed by atoms with E-state index < -0.39 is 5.91 Å². The molecule has 0 unspecified atom stereocenters. The van der Waals surface area contributed by atoms with Crippen molar-refractivity contribution >= 4 is 74.8 Å². The number of fused-ring (bicyclic) bond motifs is 1. The summed E-state index contributed by atoms with van der Waals surface area (Å²) in [5.74, 6) is 1.09. The van der Waals surface area contributed by atoms with Gasteiger partial charge < -0.3 is 19.8 Å². The van der Waals surface area contributed by atoms with Crippen LogP contribution in [0.4, 0.5) is 5.82 Å². The van der Waals surface area contributed by atoms with E-state index in [4.69, 9.17) is 43.0 Å². The van der Waals surface area contributed by atoms with Crippen LogP contribution in [-0.2, 0) is 17.9 Å². The highest BCUT2D eigenvalue weighted by molar-refractivity contribution is 14.1. The summed E-state index contributed by atoms with van der Waals surface area (Å²) in [7, 11) is 1.54. The number of halogens is 3. The van der Waals surface area contributed by atoms with Gasteiger partial charge in [-0.15, -0.1) is 0 Å². The molecule has 0 fully saturated rings. The number of imidazole rings is 1. The molecule has 0 saturated carbocycles. The first-order valence-electron chi connectivity index (χ1n) is 11.6. The average molecular weight is 692 g/mol. The lowest BCUT2D eigenvalue weighted by atomic mass is 10.2. The van der Waals surface area contributed by atoms with Crippen LogP contribution in [0.25, 0.3) is 22.6 Å². The van der Waals surface area contributed by atoms with E-state index in [2.05, 4.69) is 48.4 Å². The molecule has 3 N–H and O–H groups in total. The fourth-order valence-electron chi connectivity index (χ4n) is 3.87. The summed E-state index contributed by atoms with van der Waals surface area (Å²) < 4.78 is 18.7. The van der Waals surface area contributed by atoms with E-state index in [1.807, 2.05) is 30.3 Å². The molecule has 0 atom stereocenters. The zero-order chi connectivity index (χ0) is 28.2. The number of hydrazone groups is 1. The van der Waals surface area contributed by atoms with E-state index >= 15 is 0 Å². The van der Waals surface area contributed by atoms with Gasteiger partial charge in [-0.1, -0.05) is 41.4 Å². The third-order valence-corrected chi connectivity index (χ3v) is 7.11. The number of carbonyl (C=O) groups is 1. The van der Waals surface area contributed by atoms with Crippen molar-refractivity contribution in [3.63, 3.8) is 0 Å². The first-order chi connectivity index (χ1) is 19.3. The Morgan fingerprint density at radius 3 is 2.77 bits per heavy atom. The fraction of sp³-hybridized carbons (Fsp3) is 0.115. The quantitative estimate of drug-likeness (QED) is 0.120. The van der Waals surface area contributed by atoms with Crippen LogP contribution in [0.3, 0.4) is 0 Å². The number of carbonyl (C=O) groups excluding carboxylic acids is 1. The molecule has 204 valence electrons. The molecule has 14 heteroatoms. The van der Waals surface area contributed by atoms with E-state index in [1.165, 1.54) is 6.21 Å². The molecule has 3 aromatic carbocycles. The topological polar surface area (TPSA) is 143 Å². The van der Waals surface area contributed by atoms with Gasteiger partial charge in [0.25, 0.3) is 5.91 Å². The van der Waals surface area contributed by atoms with Crippen molar-refractivity contribution in [2.75, 3.05) is 12.8 Å². The van der Waals surface area contributed by atoms with Gasteiger partial charge in [0, 0.05) is 15.6 Å². The molecule has 0 aliphatic heterocycles. The van der Waals surface area contributed by atoms with Gasteiger partial charge in [0.1, 0.15) is 13.2 Å². The number of amides is 1. The summed E-state index contributed by atoms with van der Waals surface area (Å²) in [4.78, 5) is 17.4. The Hall–Kier alpha value is -3.88. The van der Waals surface area contributed by atoms with Crippen molar-refractivity contribution in [3.8, 4) is 23.0 Å². The van der Waals surface area contributed by atoms with Gasteiger partial charge in [0.15, 0.2) is 28.8 Å². The van der Waals surface area contributed by atoms with Crippen LogP contribution in [0.15, 0.2) is 64.3 Å². The molecule has 5 aromatic rings. The second-order valence-electron chi connectivity index (χ2n) is 8.36. The van der Waals surface area contributed by atoms with Crippen LogP contribution in [0, 0.1) is 3.57 Å². The molecule has 0 aliphatic rings. The Morgan fingerprint density at radius 1 is 1.20 bits per heavy atom. The molecule has 40 heavy (non-hydrogen) atoms. The number of nitrogens with one attached hydrogen (secondary N) is 1. The highest BCUT2D eigenvalue weighted by atomic mass is 127. The number of nitrogens with two attached hydrogens (primary N) is 1. The van der Waals surface area contributed by atoms with Crippen LogP contribution < -0.4 is 20.6 Å². The third-order valence-electron chi connectivity index (χ3n) is 5.72. The largest absolute Gasteiger partial charge is 0.493 e. The van der Waals surface area contributed by atoms with Crippen molar-refractivity contribution in [2.24, 2.45) is 5.10 Å². The van der Waals surface area contributed by atoms with E-state index in [0.717, 1.165) is 9.13 Å². The van der Waals surface area contributed by atoms with Crippen LogP contribution in [-0.4, -0.2) is 39.1 Å². The lowest BCUT2D eigenvalue weighted by molar-refractivity contribution is -0.121. The van der Waals surface area contributed by atoms with Gasteiger partial charge >= 0.3 is 0 Å². The van der Waals surface area contributed by atoms with E-state index in [-0.39, 0.29) is 24.7 Å². The SMILES string of the molecule is COc1cc(/C=N\NC(=O)Cn2c(-c3nonc3N)nc3ccccc32)cc(I)c1OCc1ccc(Cl)cc1Cl. The number of nitrogens with zero attached hydrogens (tertiary/aromatic N) is 5. The molecule has 0 radical (unpaired) electrons. The first-order valence-corrected chi connectivity index (χ1v) is 13.5. The minimum atomic E-state index is -0.392. The highest BCUT2D eigenvalue weighted by Crippen LogP contribution is 2.35. The van der Waals surface area contributed by atoms with Crippen molar-refractivity contribution in [1.82, 2.24) is 25.3 Å². The van der Waals surface area contributed by atoms with Gasteiger partial charge in [-0.05, 0) is 74.9 Å². The van der Waals surface area contributed by atoms with Gasteiger partial charge in [0.2, 0.25) is 0 Å². The standard InChI is InChI=1S/C26H20Cl2IN7O4/c1-38-21-9-14(8-18(29)24(21)39-13-15-6-7-16(27)10-17(15)28)11-31-33-22(37)12-36-20-5-3-2-4-19(20)32-26(36)23-25(30)35-40-34-23/h2-11H,12-13H2,1H3,(H2,30,35)(H,33,37)/b31-11-. The average Bonchev–Trinajstić information content (AvgIpc) is 3.51. The molecule has 1 amide bonds. The molecule has 0 spiro atoms. The summed E-state index contributed by atoms with van der Waals surface area (Å²) in [5, 5.41) is 12.6. The molecule has 0 aliphatic carbocycles. The summed E-state index contributed by atoms with van der Waals surface area (Å²) in [6, 6.07) is 16.2. The summed E-state index contributed by atoms with van der Waals surface area (Å²) in [6.07, 6.45) is 1.51. The lowest BCUT2D eigenvalue weighted by Gasteiger charge is -2.14. The molecule has 2 aromatic heterocycles. The Kier molecular flexibility index (Phi) is 8.38. The number of methoxy groups -OCH3 is 1. The van der Waals surface area contributed by atoms with Crippen molar-refractivity contribution in [1.29, 1.82) is 0 Å². The molecule has 0 saturated heterocycles. The maximum absolute atomic E-state index is 12.8. The zero-order valence-corrected chi connectivity index (χ0v) is 24.4. The van der Waals surface area contributed by atoms with Crippen LogP contribution in [0.2, 0.25) is 10.0 Å². The number of anilines is 1. The van der Waals surface area contributed by atoms with E-state index in [9.17, 15) is 4.79 Å². The predicted octanol–water partition coefficient (Wildman–Crippen LogP) is 5.32. The van der Waals surface area contributed by atoms with E-state index in [0.29, 0.717) is 44.0 Å². The Balaban J connectivity index is 1.29. The number of hydrogen-bond donors (Lipinski definition) is 2. The zero-order valence-electron chi connectivity index (χ0n) is 20.8. The van der Waals surface area contributed by atoms with Crippen LogP contribution >= 0.6 is 45.8 Å². The number of aromatic nitrogens is 4. The lowest BCUT2D eigenvalue weighted by Crippen LogP contribution is -2.23. The minimum Gasteiger partial charge on any atom is -0.493 e. The predicted molar refractivity (Wildman–Crippen MR) is 160 cm³/mol. The van der Waals surface area contributed by atoms with Crippen molar-refractivity contribution in [2.45, 2.75) is 13.2 Å². The maximum Gasteiger partial charge on any atom is 0.260 e. The number of rotatable bonds is 9. The molecular formula is C26H20Cl2IN7O4. The first kappa shape index (κ1) is 27.7. The fourth-order valence-corrected chi connectivity index (χ4v) is 5.11. The van der Waals surface area contributed by atoms with E-state index in [1.54, 1.807) is 35.9 Å². The van der Waals surface area contributed by atoms with Crippen molar-refractivity contribution < 1.29 is 18.9 Å². The summed E-state index contributed by atoms with van der Waals surface area (Å²) in [6.45, 7) is 0.132. The van der Waals surface area contributed by atoms with Crippen LogP contribution in [0.1, 0.15) is 11.1 Å². The molecule has 0 bridgehead atoms. The number of hydrogen-bond acceptors (Lipinski definition) is 9. The van der Waals surface area contributed by atoms with Gasteiger partial charge in [-0.2, -0.15) is 5.10 Å². The van der Waals surface area contributed by atoms with Crippen molar-refractivity contribution in [3.05, 3.63) is 79.3 Å². The smallest absolute Gasteiger partial charge is 0.260 e. The summed E-state index contributed by atoms with van der Waals surface area (Å²) in [5.41, 5.74) is 11.5. The molecular weight excluding hydrogens is 672 g/mol. The van der Waals surface area contributed by atoms with Crippen LogP contribution in [0.5, 0.6) is 11.5 Å². The minimum absolute atomic E-state index is 0.0715. The Morgan fingerprint density at radius 2 is 2.02 bits per heavy atom. The Labute approximate surface area is 251 Å². The molecule has 11 nitrogen and oxygen atoms in total. The van der Waals surface area contributed by atoms with Gasteiger partial charge in [-0.25, -0.2) is 15.0 Å². The van der Waals surface area contributed by atoms with Gasteiger partial charge in [-0.3, -0.25) is 4.79 Å². The Bertz CT molecular complexity index is 1740. The maximum atomic E-state index is 12.8. The molecule has 2 heterocycles. The molecule has 5 rings (SSSR count). The number of benzene rings is 3. The highest BCUT2D eigenvalue weighted by Gasteiger charge is 2.20.